The van der Waals surface area contributed by atoms with Crippen molar-refractivity contribution in [3.8, 4) is 0 Å². The van der Waals surface area contributed by atoms with Gasteiger partial charge in [-0.3, -0.25) is 14.9 Å². The fraction of sp³-hybridized carbons (Fsp3) is 0.176. The van der Waals surface area contributed by atoms with Crippen LogP contribution < -0.4 is 5.43 Å². The summed E-state index contributed by atoms with van der Waals surface area (Å²) >= 11 is 7.16. The Morgan fingerprint density at radius 2 is 2.04 bits per heavy atom. The van der Waals surface area contributed by atoms with Crippen molar-refractivity contribution in [2.45, 2.75) is 18.2 Å². The summed E-state index contributed by atoms with van der Waals surface area (Å²) in [5.41, 5.74) is 3.66. The van der Waals surface area contributed by atoms with E-state index in [-0.39, 0.29) is 17.3 Å². The number of benzene rings is 2. The smallest absolute Gasteiger partial charge is 0.272 e. The van der Waals surface area contributed by atoms with Crippen LogP contribution in [0.5, 0.6) is 0 Å². The Balaban J connectivity index is 1.89. The van der Waals surface area contributed by atoms with Crippen molar-refractivity contribution in [3.63, 3.8) is 0 Å². The van der Waals surface area contributed by atoms with Crippen molar-refractivity contribution in [2.24, 2.45) is 5.10 Å². The Labute approximate surface area is 154 Å². The molecule has 8 heteroatoms. The highest BCUT2D eigenvalue weighted by molar-refractivity contribution is 8.00. The highest BCUT2D eigenvalue weighted by atomic mass is 35.5. The van der Waals surface area contributed by atoms with Gasteiger partial charge in [0.1, 0.15) is 0 Å². The molecule has 1 N–H and O–H groups in total. The molecule has 25 heavy (non-hydrogen) atoms. The van der Waals surface area contributed by atoms with E-state index in [1.807, 2.05) is 19.1 Å². The maximum atomic E-state index is 11.8. The predicted octanol–water partition coefficient (Wildman–Crippen LogP) is 4.05. The van der Waals surface area contributed by atoms with E-state index in [4.69, 9.17) is 11.6 Å². The zero-order valence-electron chi connectivity index (χ0n) is 13.4. The molecule has 0 unspecified atom stereocenters. The molecule has 0 bridgehead atoms. The quantitative estimate of drug-likeness (QED) is 0.341. The molecule has 0 heterocycles. The molecule has 0 aromatic heterocycles. The molecular formula is C17H16ClN3O3S. The number of nitro benzene ring substituents is 1. The molecule has 1 amide bonds. The van der Waals surface area contributed by atoms with Gasteiger partial charge in [0.05, 0.1) is 16.9 Å². The van der Waals surface area contributed by atoms with Gasteiger partial charge in [-0.2, -0.15) is 5.10 Å². The van der Waals surface area contributed by atoms with Crippen LogP contribution in [-0.2, 0) is 11.2 Å². The van der Waals surface area contributed by atoms with E-state index in [1.165, 1.54) is 24.0 Å². The minimum atomic E-state index is -0.419. The summed E-state index contributed by atoms with van der Waals surface area (Å²) in [5, 5.41) is 15.5. The average molecular weight is 378 g/mol. The lowest BCUT2D eigenvalue weighted by Gasteiger charge is -2.02. The van der Waals surface area contributed by atoms with Crippen LogP contribution in [0, 0.1) is 10.1 Å². The second-order valence-electron chi connectivity index (χ2n) is 5.03. The first-order chi connectivity index (χ1) is 12.0. The van der Waals surface area contributed by atoms with Crippen LogP contribution >= 0.6 is 23.4 Å². The van der Waals surface area contributed by atoms with Crippen LogP contribution in [0.4, 0.5) is 5.69 Å². The van der Waals surface area contributed by atoms with Crippen molar-refractivity contribution in [2.75, 3.05) is 5.75 Å². The predicted molar refractivity (Wildman–Crippen MR) is 100 cm³/mol. The number of carbonyl (C=O) groups excluding carboxylic acids is 1. The molecule has 0 spiro atoms. The van der Waals surface area contributed by atoms with Crippen molar-refractivity contribution in [3.05, 3.63) is 68.7 Å². The first kappa shape index (κ1) is 19.0. The van der Waals surface area contributed by atoms with Gasteiger partial charge >= 0.3 is 0 Å². The Bertz CT molecular complexity index is 794. The lowest BCUT2D eigenvalue weighted by Crippen LogP contribution is -2.19. The van der Waals surface area contributed by atoms with Gasteiger partial charge < -0.3 is 0 Å². The molecule has 0 aliphatic carbocycles. The summed E-state index contributed by atoms with van der Waals surface area (Å²) in [6.45, 7) is 1.86. The average Bonchev–Trinajstić information content (AvgIpc) is 2.61. The molecule has 130 valence electrons. The summed E-state index contributed by atoms with van der Waals surface area (Å²) < 4.78 is 0. The maximum absolute atomic E-state index is 11.8. The van der Waals surface area contributed by atoms with Gasteiger partial charge in [0.2, 0.25) is 5.91 Å². The number of amides is 1. The van der Waals surface area contributed by atoms with E-state index in [9.17, 15) is 14.9 Å². The lowest BCUT2D eigenvalue weighted by atomic mass is 10.1. The van der Waals surface area contributed by atoms with Gasteiger partial charge in [0, 0.05) is 27.1 Å². The fourth-order valence-corrected chi connectivity index (χ4v) is 2.84. The zero-order chi connectivity index (χ0) is 18.2. The largest absolute Gasteiger partial charge is 0.273 e. The second kappa shape index (κ2) is 9.19. The van der Waals surface area contributed by atoms with Crippen LogP contribution in [0.2, 0.25) is 5.02 Å². The molecule has 2 aromatic rings. The molecular weight excluding hydrogens is 362 g/mol. The summed E-state index contributed by atoms with van der Waals surface area (Å²) in [7, 11) is 0. The van der Waals surface area contributed by atoms with Crippen molar-refractivity contribution in [1.82, 2.24) is 5.43 Å². The molecule has 0 atom stereocenters. The third-order valence-corrected chi connectivity index (χ3v) is 4.54. The highest BCUT2D eigenvalue weighted by Gasteiger charge is 2.12. The molecule has 0 fully saturated rings. The number of nitro groups is 1. The van der Waals surface area contributed by atoms with Crippen LogP contribution in [0.1, 0.15) is 18.1 Å². The van der Waals surface area contributed by atoms with Gasteiger partial charge in [0.25, 0.3) is 5.69 Å². The van der Waals surface area contributed by atoms with E-state index in [2.05, 4.69) is 10.5 Å². The molecule has 2 aromatic carbocycles. The van der Waals surface area contributed by atoms with E-state index in [0.29, 0.717) is 22.6 Å². The molecule has 0 radical (unpaired) electrons. The number of nitrogens with one attached hydrogen (secondary N) is 1. The normalized spacial score (nSPS) is 10.8. The van der Waals surface area contributed by atoms with Crippen molar-refractivity contribution < 1.29 is 9.72 Å². The van der Waals surface area contributed by atoms with E-state index in [0.717, 1.165) is 4.90 Å². The van der Waals surface area contributed by atoms with E-state index >= 15 is 0 Å². The van der Waals surface area contributed by atoms with Gasteiger partial charge in [-0.15, -0.1) is 11.8 Å². The fourth-order valence-electron chi connectivity index (χ4n) is 2.02. The van der Waals surface area contributed by atoms with Gasteiger partial charge in [-0.05, 0) is 30.7 Å². The number of aryl methyl sites for hydroxylation is 1. The topological polar surface area (TPSA) is 84.6 Å². The zero-order valence-corrected chi connectivity index (χ0v) is 15.0. The minimum Gasteiger partial charge on any atom is -0.272 e. The molecule has 6 nitrogen and oxygen atoms in total. The Kier molecular flexibility index (Phi) is 6.97. The Morgan fingerprint density at radius 1 is 1.32 bits per heavy atom. The van der Waals surface area contributed by atoms with Gasteiger partial charge in [0.15, 0.2) is 0 Å². The number of rotatable bonds is 7. The Morgan fingerprint density at radius 3 is 2.68 bits per heavy atom. The van der Waals surface area contributed by atoms with Crippen molar-refractivity contribution >= 4 is 41.2 Å². The van der Waals surface area contributed by atoms with Crippen LogP contribution in [0.15, 0.2) is 52.5 Å². The van der Waals surface area contributed by atoms with Gasteiger partial charge in [-0.25, -0.2) is 5.43 Å². The van der Waals surface area contributed by atoms with E-state index < -0.39 is 4.92 Å². The number of halogens is 1. The number of nitrogens with zero attached hydrogens (tertiary/aromatic N) is 2. The first-order valence-electron chi connectivity index (χ1n) is 7.47. The molecule has 0 saturated carbocycles. The third-order valence-electron chi connectivity index (χ3n) is 3.27. The highest BCUT2D eigenvalue weighted by Crippen LogP contribution is 2.21. The standard InChI is InChI=1S/C17H16ClN3O3S/c1-2-13-4-3-12(9-16(13)21(23)24)10-19-20-17(22)11-25-15-7-5-14(18)6-8-15/h3-10H,2,11H2,1H3,(H,20,22)/b19-10-. The summed E-state index contributed by atoms with van der Waals surface area (Å²) in [4.78, 5) is 23.3. The van der Waals surface area contributed by atoms with Crippen LogP contribution in [0.25, 0.3) is 0 Å². The monoisotopic (exact) mass is 377 g/mol. The first-order valence-corrected chi connectivity index (χ1v) is 8.83. The summed E-state index contributed by atoms with van der Waals surface area (Å²) in [6, 6.07) is 12.0. The van der Waals surface area contributed by atoms with E-state index in [1.54, 1.807) is 24.3 Å². The summed E-state index contributed by atoms with van der Waals surface area (Å²) in [6.07, 6.45) is 1.96. The van der Waals surface area contributed by atoms with Crippen LogP contribution in [0.3, 0.4) is 0 Å². The Hall–Kier alpha value is -2.38. The second-order valence-corrected chi connectivity index (χ2v) is 6.52. The number of thioether (sulfide) groups is 1. The molecule has 0 saturated heterocycles. The number of hydrazone groups is 1. The number of hydrogen-bond acceptors (Lipinski definition) is 5. The molecule has 0 aliphatic rings. The number of hydrogen-bond donors (Lipinski definition) is 1. The number of carbonyl (C=O) groups is 1. The summed E-state index contributed by atoms with van der Waals surface area (Å²) in [5.74, 6) is -0.0654. The van der Waals surface area contributed by atoms with Crippen molar-refractivity contribution in [1.29, 1.82) is 0 Å². The molecule has 0 aliphatic heterocycles. The SMILES string of the molecule is CCc1ccc(/C=N\NC(=O)CSc2ccc(Cl)cc2)cc1[N+](=O)[O-]. The maximum Gasteiger partial charge on any atom is 0.273 e. The lowest BCUT2D eigenvalue weighted by molar-refractivity contribution is -0.385. The van der Waals surface area contributed by atoms with Gasteiger partial charge in [-0.1, -0.05) is 30.7 Å². The molecule has 2 rings (SSSR count). The third kappa shape index (κ3) is 5.88. The minimum absolute atomic E-state index is 0.0519. The van der Waals surface area contributed by atoms with Crippen LogP contribution in [-0.4, -0.2) is 22.8 Å².